The maximum Gasteiger partial charge on any atom is 0.135 e. The molecule has 0 aliphatic rings. The summed E-state index contributed by atoms with van der Waals surface area (Å²) < 4.78 is 0. The van der Waals surface area contributed by atoms with Crippen LogP contribution in [0.25, 0.3) is 0 Å². The second-order valence-electron chi connectivity index (χ2n) is 6.57. The van der Waals surface area contributed by atoms with Gasteiger partial charge < -0.3 is 10.2 Å². The molecule has 4 nitrogen and oxygen atoms in total. The molecule has 0 atom stereocenters. The van der Waals surface area contributed by atoms with Crippen molar-refractivity contribution in [2.75, 3.05) is 30.4 Å². The molecule has 1 rings (SSSR count). The van der Waals surface area contributed by atoms with Gasteiger partial charge in [0.15, 0.2) is 0 Å². The molecular weight excluding hydrogens is 236 g/mol. The van der Waals surface area contributed by atoms with Crippen LogP contribution in [0.3, 0.4) is 0 Å². The number of nitrogens with zero attached hydrogens (tertiary/aromatic N) is 3. The van der Waals surface area contributed by atoms with Gasteiger partial charge in [0.1, 0.15) is 17.5 Å². The number of hydrogen-bond acceptors (Lipinski definition) is 4. The van der Waals surface area contributed by atoms with Crippen LogP contribution < -0.4 is 10.2 Å². The van der Waals surface area contributed by atoms with Gasteiger partial charge in [0.2, 0.25) is 0 Å². The molecule has 1 heterocycles. The third-order valence-corrected chi connectivity index (χ3v) is 2.71. The third-order valence-electron chi connectivity index (χ3n) is 2.71. The van der Waals surface area contributed by atoms with Crippen LogP contribution in [-0.4, -0.2) is 30.1 Å². The molecule has 0 fully saturated rings. The van der Waals surface area contributed by atoms with Crippen molar-refractivity contribution < 1.29 is 0 Å². The minimum absolute atomic E-state index is 0.246. The summed E-state index contributed by atoms with van der Waals surface area (Å²) in [6.07, 6.45) is 0. The molecule has 0 amide bonds. The fourth-order valence-corrected chi connectivity index (χ4v) is 1.97. The molecular formula is C15H28N4. The van der Waals surface area contributed by atoms with E-state index in [1.54, 1.807) is 0 Å². The average molecular weight is 264 g/mol. The van der Waals surface area contributed by atoms with E-state index >= 15 is 0 Å². The molecule has 0 radical (unpaired) electrons. The van der Waals surface area contributed by atoms with Gasteiger partial charge in [-0.3, -0.25) is 0 Å². The summed E-state index contributed by atoms with van der Waals surface area (Å²) in [5, 5.41) is 3.28. The smallest absolute Gasteiger partial charge is 0.135 e. The Morgan fingerprint density at radius 1 is 1.26 bits per heavy atom. The van der Waals surface area contributed by atoms with Crippen LogP contribution in [-0.2, 0) is 0 Å². The maximum absolute atomic E-state index is 4.67. The Morgan fingerprint density at radius 3 is 2.37 bits per heavy atom. The average Bonchev–Trinajstić information content (AvgIpc) is 2.26. The van der Waals surface area contributed by atoms with Gasteiger partial charge >= 0.3 is 0 Å². The minimum atomic E-state index is 0.246. The highest BCUT2D eigenvalue weighted by molar-refractivity contribution is 5.49. The zero-order valence-corrected chi connectivity index (χ0v) is 13.4. The monoisotopic (exact) mass is 264 g/mol. The highest BCUT2D eigenvalue weighted by Gasteiger charge is 2.16. The number of nitrogens with one attached hydrogen (secondary N) is 1. The van der Waals surface area contributed by atoms with Gasteiger partial charge in [0.25, 0.3) is 0 Å². The van der Waals surface area contributed by atoms with Gasteiger partial charge in [-0.2, -0.15) is 0 Å². The summed E-state index contributed by atoms with van der Waals surface area (Å²) in [7, 11) is 2.09. The van der Waals surface area contributed by atoms with Crippen molar-refractivity contribution in [3.05, 3.63) is 11.9 Å². The van der Waals surface area contributed by atoms with Gasteiger partial charge in [-0.15, -0.1) is 0 Å². The molecule has 0 bridgehead atoms. The zero-order chi connectivity index (χ0) is 14.6. The van der Waals surface area contributed by atoms with E-state index in [1.807, 2.05) is 6.07 Å². The van der Waals surface area contributed by atoms with E-state index in [-0.39, 0.29) is 5.41 Å². The molecule has 0 aliphatic heterocycles. The van der Waals surface area contributed by atoms with Gasteiger partial charge in [-0.25, -0.2) is 9.97 Å². The molecule has 19 heavy (non-hydrogen) atoms. The summed E-state index contributed by atoms with van der Waals surface area (Å²) >= 11 is 0. The Hall–Kier alpha value is -1.32. The van der Waals surface area contributed by atoms with Gasteiger partial charge in [0, 0.05) is 32.1 Å². The van der Waals surface area contributed by atoms with Crippen molar-refractivity contribution in [3.63, 3.8) is 0 Å². The van der Waals surface area contributed by atoms with Crippen LogP contribution in [0.2, 0.25) is 0 Å². The second kappa shape index (κ2) is 6.22. The van der Waals surface area contributed by atoms with Gasteiger partial charge in [0.05, 0.1) is 0 Å². The summed E-state index contributed by atoms with van der Waals surface area (Å²) in [5.74, 6) is 3.14. The van der Waals surface area contributed by atoms with Crippen molar-refractivity contribution >= 4 is 11.6 Å². The Bertz CT molecular complexity index is 407. The van der Waals surface area contributed by atoms with E-state index in [0.29, 0.717) is 5.92 Å². The summed E-state index contributed by atoms with van der Waals surface area (Å²) in [6.45, 7) is 14.9. The first kappa shape index (κ1) is 15.7. The lowest BCUT2D eigenvalue weighted by molar-refractivity contribution is 0.417. The predicted octanol–water partition coefficient (Wildman–Crippen LogP) is 3.51. The Labute approximate surface area is 117 Å². The van der Waals surface area contributed by atoms with E-state index in [9.17, 15) is 0 Å². The molecule has 0 spiro atoms. The van der Waals surface area contributed by atoms with Crippen LogP contribution in [0.15, 0.2) is 6.07 Å². The standard InChI is InChI=1S/C15H28N4/c1-8-16-12-9-13(18-14(17-12)11(2)3)19(7)10-15(4,5)6/h9,11H,8,10H2,1-7H3,(H,16,17,18). The number of anilines is 2. The predicted molar refractivity (Wildman–Crippen MR) is 83.0 cm³/mol. The summed E-state index contributed by atoms with van der Waals surface area (Å²) in [5.41, 5.74) is 0.246. The lowest BCUT2D eigenvalue weighted by atomic mass is 9.96. The van der Waals surface area contributed by atoms with Crippen molar-refractivity contribution in [2.45, 2.75) is 47.5 Å². The lowest BCUT2D eigenvalue weighted by Gasteiger charge is -2.28. The van der Waals surface area contributed by atoms with Crippen LogP contribution in [0.1, 0.15) is 53.3 Å². The Kier molecular flexibility index (Phi) is 5.15. The first-order chi connectivity index (χ1) is 8.73. The van der Waals surface area contributed by atoms with E-state index < -0.39 is 0 Å². The van der Waals surface area contributed by atoms with Crippen LogP contribution in [0.4, 0.5) is 11.6 Å². The first-order valence-corrected chi connectivity index (χ1v) is 7.07. The highest BCUT2D eigenvalue weighted by Crippen LogP contribution is 2.22. The van der Waals surface area contributed by atoms with E-state index in [0.717, 1.165) is 30.5 Å². The first-order valence-electron chi connectivity index (χ1n) is 7.07. The normalized spacial score (nSPS) is 11.8. The van der Waals surface area contributed by atoms with Crippen LogP contribution >= 0.6 is 0 Å². The quantitative estimate of drug-likeness (QED) is 0.883. The van der Waals surface area contributed by atoms with Crippen molar-refractivity contribution in [2.24, 2.45) is 5.41 Å². The molecule has 1 N–H and O–H groups in total. The fraction of sp³-hybridized carbons (Fsp3) is 0.733. The minimum Gasteiger partial charge on any atom is -0.370 e. The second-order valence-corrected chi connectivity index (χ2v) is 6.57. The molecule has 1 aromatic heterocycles. The molecule has 0 aliphatic carbocycles. The zero-order valence-electron chi connectivity index (χ0n) is 13.4. The molecule has 1 aromatic rings. The number of rotatable bonds is 5. The third kappa shape index (κ3) is 5.05. The van der Waals surface area contributed by atoms with E-state index in [1.165, 1.54) is 0 Å². The van der Waals surface area contributed by atoms with Crippen LogP contribution in [0, 0.1) is 5.41 Å². The van der Waals surface area contributed by atoms with Crippen molar-refractivity contribution in [3.8, 4) is 0 Å². The molecule has 0 saturated heterocycles. The van der Waals surface area contributed by atoms with Crippen molar-refractivity contribution in [1.29, 1.82) is 0 Å². The van der Waals surface area contributed by atoms with E-state index in [2.05, 4.69) is 68.8 Å². The lowest BCUT2D eigenvalue weighted by Crippen LogP contribution is -2.30. The number of hydrogen-bond donors (Lipinski definition) is 1. The SMILES string of the molecule is CCNc1cc(N(C)CC(C)(C)C)nc(C(C)C)n1. The largest absolute Gasteiger partial charge is 0.370 e. The summed E-state index contributed by atoms with van der Waals surface area (Å²) in [6, 6.07) is 2.03. The molecule has 0 aromatic carbocycles. The molecule has 4 heteroatoms. The fourth-order valence-electron chi connectivity index (χ4n) is 1.97. The van der Waals surface area contributed by atoms with Crippen molar-refractivity contribution in [1.82, 2.24) is 9.97 Å². The van der Waals surface area contributed by atoms with E-state index in [4.69, 9.17) is 0 Å². The Morgan fingerprint density at radius 2 is 1.89 bits per heavy atom. The molecule has 0 saturated carbocycles. The highest BCUT2D eigenvalue weighted by atomic mass is 15.2. The van der Waals surface area contributed by atoms with Gasteiger partial charge in [-0.1, -0.05) is 34.6 Å². The van der Waals surface area contributed by atoms with Gasteiger partial charge in [-0.05, 0) is 12.3 Å². The topological polar surface area (TPSA) is 41.0 Å². The maximum atomic E-state index is 4.67. The Balaban J connectivity index is 3.04. The summed E-state index contributed by atoms with van der Waals surface area (Å²) in [4.78, 5) is 11.4. The molecule has 0 unspecified atom stereocenters. The molecule has 108 valence electrons. The number of aromatic nitrogens is 2. The van der Waals surface area contributed by atoms with Crippen LogP contribution in [0.5, 0.6) is 0 Å².